The third-order valence-corrected chi connectivity index (χ3v) is 6.49. The van der Waals surface area contributed by atoms with Crippen LogP contribution < -0.4 is 10.2 Å². The van der Waals surface area contributed by atoms with Gasteiger partial charge in [-0.3, -0.25) is 0 Å². The van der Waals surface area contributed by atoms with Crippen LogP contribution in [0.5, 0.6) is 0 Å². The van der Waals surface area contributed by atoms with Crippen LogP contribution in [-0.4, -0.2) is 48.3 Å². The van der Waals surface area contributed by atoms with Gasteiger partial charge in [0.2, 0.25) is 0 Å². The zero-order valence-corrected chi connectivity index (χ0v) is 19.2. The van der Waals surface area contributed by atoms with Crippen LogP contribution in [0.2, 0.25) is 5.02 Å². The molecule has 0 amide bonds. The summed E-state index contributed by atoms with van der Waals surface area (Å²) in [5, 5.41) is 24.5. The Morgan fingerprint density at radius 1 is 1.10 bits per heavy atom. The number of hydrogen-bond acceptors (Lipinski definition) is 6. The molecular formula is C24H27ClN6. The number of nitrogens with zero attached hydrogens (tertiary/aromatic N) is 5. The number of nitriles is 1. The maximum atomic E-state index is 9.37. The summed E-state index contributed by atoms with van der Waals surface area (Å²) in [5.41, 5.74) is 4.63. The summed E-state index contributed by atoms with van der Waals surface area (Å²) in [6.07, 6.45) is 0. The quantitative estimate of drug-likeness (QED) is 0.642. The highest BCUT2D eigenvalue weighted by Crippen LogP contribution is 2.36. The molecule has 6 nitrogen and oxygen atoms in total. The van der Waals surface area contributed by atoms with E-state index in [2.05, 4.69) is 51.4 Å². The number of likely N-dealkylation sites (N-methyl/N-ethyl adjacent to an activating group) is 1. The lowest BCUT2D eigenvalue weighted by Gasteiger charge is -2.34. The SMILES string of the molecule is Cc1c(C#N)cccc1[C@@H](C)Nc1nnc(C)c2cc(Cl)c(N3CCN(C)CC3)cc12. The molecule has 1 fully saturated rings. The number of piperazine rings is 1. The van der Waals surface area contributed by atoms with Crippen molar-refractivity contribution >= 4 is 33.9 Å². The van der Waals surface area contributed by atoms with Crippen LogP contribution in [-0.2, 0) is 0 Å². The first-order valence-corrected chi connectivity index (χ1v) is 10.9. The van der Waals surface area contributed by atoms with Gasteiger partial charge in [-0.2, -0.15) is 10.4 Å². The van der Waals surface area contributed by atoms with Gasteiger partial charge >= 0.3 is 0 Å². The largest absolute Gasteiger partial charge is 0.368 e. The van der Waals surface area contributed by atoms with Crippen molar-refractivity contribution in [2.45, 2.75) is 26.8 Å². The van der Waals surface area contributed by atoms with E-state index < -0.39 is 0 Å². The van der Waals surface area contributed by atoms with Crippen LogP contribution in [0.4, 0.5) is 11.5 Å². The second-order valence-electron chi connectivity index (χ2n) is 8.27. The number of nitrogens with one attached hydrogen (secondary N) is 1. The Labute approximate surface area is 188 Å². The predicted molar refractivity (Wildman–Crippen MR) is 127 cm³/mol. The number of halogens is 1. The van der Waals surface area contributed by atoms with Gasteiger partial charge in [0.25, 0.3) is 0 Å². The molecule has 1 atom stereocenters. The molecule has 1 saturated heterocycles. The fraction of sp³-hybridized carbons (Fsp3) is 0.375. The average molecular weight is 435 g/mol. The van der Waals surface area contributed by atoms with Crippen molar-refractivity contribution in [3.8, 4) is 6.07 Å². The lowest BCUT2D eigenvalue weighted by Crippen LogP contribution is -2.44. The van der Waals surface area contributed by atoms with E-state index in [1.807, 2.05) is 38.1 Å². The molecule has 0 unspecified atom stereocenters. The van der Waals surface area contributed by atoms with E-state index in [1.165, 1.54) is 0 Å². The minimum Gasteiger partial charge on any atom is -0.368 e. The first-order chi connectivity index (χ1) is 14.9. The molecule has 4 rings (SSSR count). The first kappa shape index (κ1) is 21.4. The molecule has 1 N–H and O–H groups in total. The standard InChI is InChI=1S/C24H27ClN6/c1-15-18(14-26)6-5-7-19(15)16(2)27-24-21-13-23(31-10-8-30(4)9-11-31)22(25)12-20(21)17(3)28-29-24/h5-7,12-13,16H,8-11H2,1-4H3,(H,27,29)/t16-/m1/s1. The van der Waals surface area contributed by atoms with Gasteiger partial charge < -0.3 is 15.1 Å². The molecule has 7 heteroatoms. The number of anilines is 2. The van der Waals surface area contributed by atoms with Crippen molar-refractivity contribution in [2.24, 2.45) is 0 Å². The van der Waals surface area contributed by atoms with Gasteiger partial charge in [-0.05, 0) is 57.1 Å². The number of aromatic nitrogens is 2. The summed E-state index contributed by atoms with van der Waals surface area (Å²) >= 11 is 6.70. The molecule has 0 bridgehead atoms. The van der Waals surface area contributed by atoms with Gasteiger partial charge in [0.15, 0.2) is 5.82 Å². The minimum atomic E-state index is -0.0312. The maximum absolute atomic E-state index is 9.37. The van der Waals surface area contributed by atoms with Crippen LogP contribution in [0, 0.1) is 25.2 Å². The number of benzene rings is 2. The van der Waals surface area contributed by atoms with Crippen LogP contribution in [0.15, 0.2) is 30.3 Å². The third kappa shape index (κ3) is 4.16. The van der Waals surface area contributed by atoms with E-state index in [9.17, 15) is 5.26 Å². The summed E-state index contributed by atoms with van der Waals surface area (Å²) in [5.74, 6) is 0.724. The van der Waals surface area contributed by atoms with Crippen molar-refractivity contribution in [1.29, 1.82) is 5.26 Å². The molecule has 0 radical (unpaired) electrons. The van der Waals surface area contributed by atoms with Gasteiger partial charge in [0.05, 0.1) is 34.1 Å². The average Bonchev–Trinajstić information content (AvgIpc) is 2.76. The maximum Gasteiger partial charge on any atom is 0.157 e. The van der Waals surface area contributed by atoms with Gasteiger partial charge in [-0.1, -0.05) is 23.7 Å². The molecule has 0 aliphatic carbocycles. The molecule has 160 valence electrons. The van der Waals surface area contributed by atoms with Gasteiger partial charge in [-0.15, -0.1) is 5.10 Å². The minimum absolute atomic E-state index is 0.0312. The van der Waals surface area contributed by atoms with E-state index in [4.69, 9.17) is 11.6 Å². The summed E-state index contributed by atoms with van der Waals surface area (Å²) in [4.78, 5) is 4.67. The molecule has 1 aliphatic rings. The number of fused-ring (bicyclic) bond motifs is 1. The van der Waals surface area contributed by atoms with Crippen molar-refractivity contribution in [3.05, 3.63) is 57.7 Å². The topological polar surface area (TPSA) is 68.1 Å². The van der Waals surface area contributed by atoms with Crippen LogP contribution in [0.3, 0.4) is 0 Å². The van der Waals surface area contributed by atoms with Gasteiger partial charge in [0, 0.05) is 37.0 Å². The lowest BCUT2D eigenvalue weighted by atomic mass is 9.98. The molecule has 0 saturated carbocycles. The van der Waals surface area contributed by atoms with E-state index >= 15 is 0 Å². The third-order valence-electron chi connectivity index (χ3n) is 6.19. The van der Waals surface area contributed by atoms with E-state index in [-0.39, 0.29) is 6.04 Å². The smallest absolute Gasteiger partial charge is 0.157 e. The molecule has 1 aliphatic heterocycles. The Balaban J connectivity index is 1.73. The van der Waals surface area contributed by atoms with Crippen molar-refractivity contribution in [1.82, 2.24) is 15.1 Å². The summed E-state index contributed by atoms with van der Waals surface area (Å²) < 4.78 is 0. The van der Waals surface area contributed by atoms with Gasteiger partial charge in [0.1, 0.15) is 0 Å². The normalized spacial score (nSPS) is 15.7. The van der Waals surface area contributed by atoms with Crippen molar-refractivity contribution in [2.75, 3.05) is 43.4 Å². The Hall–Kier alpha value is -2.88. The van der Waals surface area contributed by atoms with Crippen molar-refractivity contribution < 1.29 is 0 Å². The first-order valence-electron chi connectivity index (χ1n) is 10.5. The Morgan fingerprint density at radius 3 is 2.55 bits per heavy atom. The van der Waals surface area contributed by atoms with Crippen LogP contribution >= 0.6 is 11.6 Å². The number of aryl methyl sites for hydroxylation is 1. The highest BCUT2D eigenvalue weighted by atomic mass is 35.5. The second kappa shape index (κ2) is 8.70. The predicted octanol–water partition coefficient (Wildman–Crippen LogP) is 4.70. The summed E-state index contributed by atoms with van der Waals surface area (Å²) in [7, 11) is 2.14. The fourth-order valence-electron chi connectivity index (χ4n) is 4.21. The van der Waals surface area contributed by atoms with Crippen LogP contribution in [0.1, 0.15) is 35.3 Å². The van der Waals surface area contributed by atoms with E-state index in [1.54, 1.807) is 0 Å². The molecular weight excluding hydrogens is 408 g/mol. The molecule has 31 heavy (non-hydrogen) atoms. The van der Waals surface area contributed by atoms with E-state index in [0.29, 0.717) is 5.56 Å². The van der Waals surface area contributed by atoms with Crippen LogP contribution in [0.25, 0.3) is 10.8 Å². The number of hydrogen-bond donors (Lipinski definition) is 1. The highest BCUT2D eigenvalue weighted by Gasteiger charge is 2.20. The fourth-order valence-corrected chi connectivity index (χ4v) is 4.50. The Bertz CT molecular complexity index is 1160. The molecule has 2 aromatic carbocycles. The van der Waals surface area contributed by atoms with E-state index in [0.717, 1.165) is 70.3 Å². The highest BCUT2D eigenvalue weighted by molar-refractivity contribution is 6.34. The zero-order valence-electron chi connectivity index (χ0n) is 18.4. The number of rotatable bonds is 4. The molecule has 3 aromatic rings. The zero-order chi connectivity index (χ0) is 22.1. The molecule has 1 aromatic heterocycles. The summed E-state index contributed by atoms with van der Waals surface area (Å²) in [6.45, 7) is 9.92. The van der Waals surface area contributed by atoms with Gasteiger partial charge in [-0.25, -0.2) is 0 Å². The van der Waals surface area contributed by atoms with Crippen molar-refractivity contribution in [3.63, 3.8) is 0 Å². The lowest BCUT2D eigenvalue weighted by molar-refractivity contribution is 0.313. The Kier molecular flexibility index (Phi) is 5.99. The molecule has 2 heterocycles. The molecule has 0 spiro atoms. The Morgan fingerprint density at radius 2 is 1.84 bits per heavy atom. The monoisotopic (exact) mass is 434 g/mol. The second-order valence-corrected chi connectivity index (χ2v) is 8.68. The summed E-state index contributed by atoms with van der Waals surface area (Å²) in [6, 6.07) is 12.2.